The third-order valence-electron chi connectivity index (χ3n) is 5.20. The summed E-state index contributed by atoms with van der Waals surface area (Å²) in [5.74, 6) is 0.744. The highest BCUT2D eigenvalue weighted by Crippen LogP contribution is 2.36. The van der Waals surface area contributed by atoms with Crippen LogP contribution < -0.4 is 10.2 Å². The van der Waals surface area contributed by atoms with Gasteiger partial charge in [-0.1, -0.05) is 6.92 Å². The van der Waals surface area contributed by atoms with Gasteiger partial charge in [-0.3, -0.25) is 0 Å². The number of carbonyl (C=O) groups is 1. The zero-order valence-electron chi connectivity index (χ0n) is 17.1. The number of aliphatic hydroxyl groups is 1. The number of aromatic nitrogens is 2. The van der Waals surface area contributed by atoms with Crippen molar-refractivity contribution < 1.29 is 14.6 Å². The second-order valence-electron chi connectivity index (χ2n) is 8.54. The van der Waals surface area contributed by atoms with Crippen LogP contribution in [0, 0.1) is 12.3 Å². The van der Waals surface area contributed by atoms with Gasteiger partial charge in [-0.25, -0.2) is 14.8 Å². The SMILES string of the molecule is Cc1nc(N2CCC(C)(C(C)NC(=O)OC(C)(C)C)CC2)c(CO)nc1Br. The number of carbonyl (C=O) groups excluding carboxylic acids is 1. The molecule has 2 heterocycles. The van der Waals surface area contributed by atoms with Crippen molar-refractivity contribution in [2.75, 3.05) is 18.0 Å². The van der Waals surface area contributed by atoms with E-state index < -0.39 is 5.60 Å². The summed E-state index contributed by atoms with van der Waals surface area (Å²) in [6.45, 7) is 13.1. The van der Waals surface area contributed by atoms with Crippen molar-refractivity contribution in [1.82, 2.24) is 15.3 Å². The molecule has 1 saturated heterocycles. The first-order valence-electron chi connectivity index (χ1n) is 9.33. The molecule has 1 aromatic heterocycles. The lowest BCUT2D eigenvalue weighted by Gasteiger charge is -2.44. The van der Waals surface area contributed by atoms with Crippen LogP contribution in [0.2, 0.25) is 0 Å². The van der Waals surface area contributed by atoms with Gasteiger partial charge in [0.1, 0.15) is 15.9 Å². The van der Waals surface area contributed by atoms with E-state index in [-0.39, 0.29) is 24.2 Å². The van der Waals surface area contributed by atoms with Crippen LogP contribution in [0.25, 0.3) is 0 Å². The molecule has 1 amide bonds. The maximum Gasteiger partial charge on any atom is 0.407 e. The van der Waals surface area contributed by atoms with Crippen molar-refractivity contribution in [3.63, 3.8) is 0 Å². The standard InChI is InChI=1S/C19H31BrN4O3/c1-12-15(20)23-14(11-25)16(21-12)24-9-7-19(6,8-10-24)13(2)22-17(26)27-18(3,4)5/h13,25H,7-11H2,1-6H3,(H,22,26). The number of nitrogens with one attached hydrogen (secondary N) is 1. The van der Waals surface area contributed by atoms with Crippen LogP contribution in [0.3, 0.4) is 0 Å². The molecule has 152 valence electrons. The van der Waals surface area contributed by atoms with Gasteiger partial charge in [0, 0.05) is 19.1 Å². The van der Waals surface area contributed by atoms with Crippen molar-refractivity contribution >= 4 is 27.8 Å². The molecule has 1 aromatic rings. The van der Waals surface area contributed by atoms with Gasteiger partial charge in [0.2, 0.25) is 0 Å². The summed E-state index contributed by atoms with van der Waals surface area (Å²) < 4.78 is 6.04. The number of hydrogen-bond donors (Lipinski definition) is 2. The van der Waals surface area contributed by atoms with Gasteiger partial charge in [0.05, 0.1) is 12.3 Å². The summed E-state index contributed by atoms with van der Waals surface area (Å²) in [5, 5.41) is 12.6. The van der Waals surface area contributed by atoms with Gasteiger partial charge in [0.25, 0.3) is 0 Å². The lowest BCUT2D eigenvalue weighted by atomic mass is 9.74. The molecule has 0 aliphatic carbocycles. The molecule has 0 saturated carbocycles. The number of amides is 1. The zero-order chi connectivity index (χ0) is 20.4. The average Bonchev–Trinajstić information content (AvgIpc) is 2.56. The number of piperidine rings is 1. The summed E-state index contributed by atoms with van der Waals surface area (Å²) in [6.07, 6.45) is 1.41. The van der Waals surface area contributed by atoms with Crippen molar-refractivity contribution in [3.8, 4) is 0 Å². The van der Waals surface area contributed by atoms with E-state index in [0.717, 1.165) is 37.4 Å². The summed E-state index contributed by atoms with van der Waals surface area (Å²) in [6, 6.07) is -0.00968. The lowest BCUT2D eigenvalue weighted by molar-refractivity contribution is 0.0442. The smallest absolute Gasteiger partial charge is 0.407 e. The first-order chi connectivity index (χ1) is 12.4. The molecule has 1 atom stereocenters. The third-order valence-corrected chi connectivity index (χ3v) is 5.95. The Labute approximate surface area is 170 Å². The van der Waals surface area contributed by atoms with Crippen molar-refractivity contribution in [3.05, 3.63) is 16.0 Å². The Balaban J connectivity index is 2.03. The minimum absolute atomic E-state index is 0.00968. The molecule has 0 spiro atoms. The molecule has 1 aliphatic rings. The fraction of sp³-hybridized carbons (Fsp3) is 0.737. The Morgan fingerprint density at radius 2 is 1.96 bits per heavy atom. The van der Waals surface area contributed by atoms with E-state index in [4.69, 9.17) is 4.74 Å². The van der Waals surface area contributed by atoms with E-state index in [0.29, 0.717) is 10.3 Å². The van der Waals surface area contributed by atoms with Gasteiger partial charge in [-0.05, 0) is 68.8 Å². The Hall–Kier alpha value is -1.41. The summed E-state index contributed by atoms with van der Waals surface area (Å²) in [5.41, 5.74) is 0.837. The Bertz CT molecular complexity index is 682. The maximum absolute atomic E-state index is 12.1. The third kappa shape index (κ3) is 5.54. The summed E-state index contributed by atoms with van der Waals surface area (Å²) in [4.78, 5) is 23.3. The molecule has 0 radical (unpaired) electrons. The number of ether oxygens (including phenoxy) is 1. The van der Waals surface area contributed by atoms with Gasteiger partial charge < -0.3 is 20.1 Å². The fourth-order valence-corrected chi connectivity index (χ4v) is 3.50. The van der Waals surface area contributed by atoms with Crippen LogP contribution in [-0.2, 0) is 11.3 Å². The molecule has 27 heavy (non-hydrogen) atoms. The molecule has 1 aliphatic heterocycles. The molecule has 1 unspecified atom stereocenters. The quantitative estimate of drug-likeness (QED) is 0.740. The van der Waals surface area contributed by atoms with E-state index in [1.165, 1.54) is 0 Å². The van der Waals surface area contributed by atoms with E-state index >= 15 is 0 Å². The number of alkyl carbamates (subject to hydrolysis) is 1. The van der Waals surface area contributed by atoms with Crippen LogP contribution >= 0.6 is 15.9 Å². The first-order valence-corrected chi connectivity index (χ1v) is 10.1. The van der Waals surface area contributed by atoms with E-state index in [1.807, 2.05) is 34.6 Å². The van der Waals surface area contributed by atoms with Crippen molar-refractivity contribution in [2.24, 2.45) is 5.41 Å². The fourth-order valence-electron chi connectivity index (χ4n) is 3.20. The van der Waals surface area contributed by atoms with Gasteiger partial charge >= 0.3 is 6.09 Å². The number of hydrogen-bond acceptors (Lipinski definition) is 6. The predicted molar refractivity (Wildman–Crippen MR) is 109 cm³/mol. The molecular formula is C19H31BrN4O3. The summed E-state index contributed by atoms with van der Waals surface area (Å²) in [7, 11) is 0. The average molecular weight is 443 g/mol. The second kappa shape index (κ2) is 8.31. The highest BCUT2D eigenvalue weighted by atomic mass is 79.9. The number of halogens is 1. The molecule has 8 heteroatoms. The molecule has 7 nitrogen and oxygen atoms in total. The van der Waals surface area contributed by atoms with E-state index in [1.54, 1.807) is 0 Å². The maximum atomic E-state index is 12.1. The topological polar surface area (TPSA) is 87.6 Å². The molecule has 2 N–H and O–H groups in total. The Morgan fingerprint density at radius 1 is 1.37 bits per heavy atom. The molecule has 0 aromatic carbocycles. The van der Waals surface area contributed by atoms with Crippen LogP contribution in [0.4, 0.5) is 10.6 Å². The second-order valence-corrected chi connectivity index (χ2v) is 9.29. The lowest BCUT2D eigenvalue weighted by Crippen LogP contribution is -2.51. The predicted octanol–water partition coefficient (Wildman–Crippen LogP) is 3.56. The van der Waals surface area contributed by atoms with Crippen LogP contribution in [-0.4, -0.2) is 45.9 Å². The van der Waals surface area contributed by atoms with E-state index in [9.17, 15) is 9.90 Å². The summed E-state index contributed by atoms with van der Waals surface area (Å²) >= 11 is 3.37. The molecule has 0 bridgehead atoms. The minimum Gasteiger partial charge on any atom is -0.444 e. The number of anilines is 1. The Kier molecular flexibility index (Phi) is 6.73. The zero-order valence-corrected chi connectivity index (χ0v) is 18.7. The van der Waals surface area contributed by atoms with E-state index in [2.05, 4.69) is 43.0 Å². The largest absolute Gasteiger partial charge is 0.444 e. The first kappa shape index (κ1) is 21.9. The van der Waals surface area contributed by atoms with Crippen LogP contribution in [0.1, 0.15) is 58.8 Å². The minimum atomic E-state index is -0.507. The number of aryl methyl sites for hydroxylation is 1. The van der Waals surface area contributed by atoms with Crippen LogP contribution in [0.15, 0.2) is 4.60 Å². The molecule has 2 rings (SSSR count). The monoisotopic (exact) mass is 442 g/mol. The van der Waals surface area contributed by atoms with Gasteiger partial charge in [0.15, 0.2) is 5.82 Å². The van der Waals surface area contributed by atoms with Crippen LogP contribution in [0.5, 0.6) is 0 Å². The highest BCUT2D eigenvalue weighted by molar-refractivity contribution is 9.10. The van der Waals surface area contributed by atoms with Crippen molar-refractivity contribution in [2.45, 2.75) is 72.6 Å². The highest BCUT2D eigenvalue weighted by Gasteiger charge is 2.37. The molecular weight excluding hydrogens is 412 g/mol. The number of rotatable bonds is 4. The molecule has 1 fully saturated rings. The van der Waals surface area contributed by atoms with Gasteiger partial charge in [-0.2, -0.15) is 0 Å². The Morgan fingerprint density at radius 3 is 2.48 bits per heavy atom. The van der Waals surface area contributed by atoms with Gasteiger partial charge in [-0.15, -0.1) is 0 Å². The normalized spacial score (nSPS) is 18.1. The number of aliphatic hydroxyl groups excluding tert-OH is 1. The number of nitrogens with zero attached hydrogens (tertiary/aromatic N) is 3. The van der Waals surface area contributed by atoms with Crippen molar-refractivity contribution in [1.29, 1.82) is 0 Å².